The van der Waals surface area contributed by atoms with E-state index in [0.717, 1.165) is 0 Å². The Balaban J connectivity index is 0.000000292. The predicted molar refractivity (Wildman–Crippen MR) is 49.0 cm³/mol. The van der Waals surface area contributed by atoms with E-state index in [2.05, 4.69) is 34.8 Å². The van der Waals surface area contributed by atoms with Gasteiger partial charge in [-0.3, -0.25) is 9.78 Å². The van der Waals surface area contributed by atoms with Gasteiger partial charge in [-0.25, -0.2) is 4.79 Å². The molecule has 0 amide bonds. The van der Waals surface area contributed by atoms with Crippen molar-refractivity contribution in [2.24, 2.45) is 0 Å². The monoisotopic (exact) mass is 266 g/mol. The normalized spacial score (nSPS) is 10.4. The van der Waals surface area contributed by atoms with Crippen LogP contribution < -0.4 is 11.2 Å². The SMILES string of the molecule is FC(Cl)(Cl)Cl.O=c1[nH]cc(F)c(=O)[nH]1. The van der Waals surface area contributed by atoms with Crippen molar-refractivity contribution in [1.82, 2.24) is 9.97 Å². The van der Waals surface area contributed by atoms with Crippen LogP contribution in [0.25, 0.3) is 0 Å². The smallest absolute Gasteiger partial charge is 0.311 e. The van der Waals surface area contributed by atoms with Crippen LogP contribution >= 0.6 is 34.8 Å². The first kappa shape index (κ1) is 13.4. The minimum Gasteiger partial charge on any atom is -0.311 e. The van der Waals surface area contributed by atoms with E-state index in [4.69, 9.17) is 0 Å². The number of aromatic nitrogens is 2. The largest absolute Gasteiger partial charge is 0.333 e. The molecule has 1 aromatic heterocycles. The molecule has 0 aliphatic rings. The molecule has 0 unspecified atom stereocenters. The summed E-state index contributed by atoms with van der Waals surface area (Å²) in [5.74, 6) is -0.991. The van der Waals surface area contributed by atoms with Gasteiger partial charge in [0.05, 0.1) is 0 Å². The van der Waals surface area contributed by atoms with Crippen molar-refractivity contribution in [2.75, 3.05) is 0 Å². The Kier molecular flexibility index (Phi) is 5.11. The number of nitrogens with one attached hydrogen (secondary N) is 2. The second-order valence-corrected chi connectivity index (χ2v) is 3.99. The maximum atomic E-state index is 12.0. The summed E-state index contributed by atoms with van der Waals surface area (Å²) in [6.07, 6.45) is 0.709. The molecular weight excluding hydrogens is 264 g/mol. The summed E-state index contributed by atoms with van der Waals surface area (Å²) in [7, 11) is 0. The fraction of sp³-hybridized carbons (Fsp3) is 0.200. The minimum atomic E-state index is -2.58. The lowest BCUT2D eigenvalue weighted by molar-refractivity contribution is 0.507. The highest BCUT2D eigenvalue weighted by molar-refractivity contribution is 6.66. The molecule has 1 rings (SSSR count). The van der Waals surface area contributed by atoms with Crippen LogP contribution in [-0.2, 0) is 0 Å². The van der Waals surface area contributed by atoms with Crippen LogP contribution in [0.2, 0.25) is 0 Å². The summed E-state index contributed by atoms with van der Waals surface area (Å²) in [5, 5.41) is 0. The highest BCUT2D eigenvalue weighted by Crippen LogP contribution is 2.26. The van der Waals surface area contributed by atoms with Crippen molar-refractivity contribution in [3.8, 4) is 0 Å². The van der Waals surface area contributed by atoms with Crippen LogP contribution in [-0.4, -0.2) is 14.0 Å². The number of hydrogen-bond acceptors (Lipinski definition) is 2. The fourth-order valence-electron chi connectivity index (χ4n) is 0.393. The van der Waals surface area contributed by atoms with Crippen LogP contribution in [0.4, 0.5) is 8.78 Å². The lowest BCUT2D eigenvalue weighted by atomic mass is 10.6. The van der Waals surface area contributed by atoms with Crippen molar-refractivity contribution in [3.63, 3.8) is 0 Å². The first-order valence-corrected chi connectivity index (χ1v) is 4.06. The summed E-state index contributed by atoms with van der Waals surface area (Å²) in [6.45, 7) is 0. The molecule has 0 atom stereocenters. The van der Waals surface area contributed by atoms with Crippen LogP contribution in [0.15, 0.2) is 15.8 Å². The van der Waals surface area contributed by atoms with Gasteiger partial charge in [0.2, 0.25) is 5.82 Å². The van der Waals surface area contributed by atoms with Crippen molar-refractivity contribution < 1.29 is 8.78 Å². The molecule has 2 N–H and O–H groups in total. The van der Waals surface area contributed by atoms with Crippen molar-refractivity contribution in [1.29, 1.82) is 0 Å². The van der Waals surface area contributed by atoms with Gasteiger partial charge >= 0.3 is 9.74 Å². The van der Waals surface area contributed by atoms with Gasteiger partial charge in [0.25, 0.3) is 5.56 Å². The molecule has 0 radical (unpaired) electrons. The average molecular weight is 267 g/mol. The van der Waals surface area contributed by atoms with Gasteiger partial charge in [0.15, 0.2) is 0 Å². The maximum absolute atomic E-state index is 12.0. The van der Waals surface area contributed by atoms with Gasteiger partial charge in [-0.05, 0) is 34.8 Å². The van der Waals surface area contributed by atoms with E-state index in [1.165, 1.54) is 0 Å². The lowest BCUT2D eigenvalue weighted by Crippen LogP contribution is -2.23. The molecule has 0 aromatic carbocycles. The van der Waals surface area contributed by atoms with E-state index in [0.29, 0.717) is 6.20 Å². The number of halogens is 5. The molecule has 1 heterocycles. The van der Waals surface area contributed by atoms with Gasteiger partial charge in [-0.15, -0.1) is 0 Å². The van der Waals surface area contributed by atoms with Gasteiger partial charge in [0.1, 0.15) is 0 Å². The highest BCUT2D eigenvalue weighted by atomic mass is 35.6. The Labute approximate surface area is 90.8 Å². The van der Waals surface area contributed by atoms with Gasteiger partial charge in [0, 0.05) is 6.20 Å². The van der Waals surface area contributed by atoms with Gasteiger partial charge < -0.3 is 4.98 Å². The Morgan fingerprint density at radius 2 is 1.71 bits per heavy atom. The summed E-state index contributed by atoms with van der Waals surface area (Å²) >= 11 is 13.2. The molecule has 4 nitrogen and oxygen atoms in total. The Bertz CT molecular complexity index is 391. The predicted octanol–water partition coefficient (Wildman–Crippen LogP) is 1.49. The van der Waals surface area contributed by atoms with Gasteiger partial charge in [-0.2, -0.15) is 8.78 Å². The molecule has 1 aromatic rings. The quantitative estimate of drug-likeness (QED) is 0.699. The molecule has 0 aliphatic heterocycles. The minimum absolute atomic E-state index is 0.707. The second kappa shape index (κ2) is 5.33. The number of hydrogen-bond donors (Lipinski definition) is 2. The van der Waals surface area contributed by atoms with Crippen LogP contribution in [0.5, 0.6) is 0 Å². The maximum Gasteiger partial charge on any atom is 0.333 e. The lowest BCUT2D eigenvalue weighted by Gasteiger charge is -1.89. The zero-order chi connectivity index (χ0) is 11.4. The Hall–Kier alpha value is -0.590. The van der Waals surface area contributed by atoms with Crippen molar-refractivity contribution in [3.05, 3.63) is 32.9 Å². The Morgan fingerprint density at radius 3 is 2.00 bits per heavy atom. The van der Waals surface area contributed by atoms with E-state index in [1.54, 1.807) is 4.98 Å². The summed E-state index contributed by atoms with van der Waals surface area (Å²) in [4.78, 5) is 24.0. The molecule has 9 heteroatoms. The second-order valence-electron chi connectivity index (χ2n) is 1.85. The topological polar surface area (TPSA) is 65.7 Å². The molecule has 0 aliphatic carbocycles. The van der Waals surface area contributed by atoms with Crippen LogP contribution in [0.1, 0.15) is 0 Å². The van der Waals surface area contributed by atoms with E-state index in [9.17, 15) is 18.4 Å². The zero-order valence-corrected chi connectivity index (χ0v) is 8.55. The van der Waals surface area contributed by atoms with E-state index in [1.807, 2.05) is 4.98 Å². The van der Waals surface area contributed by atoms with Crippen molar-refractivity contribution in [2.45, 2.75) is 4.05 Å². The molecule has 0 saturated carbocycles. The third kappa shape index (κ3) is 8.03. The highest BCUT2D eigenvalue weighted by Gasteiger charge is 2.14. The van der Waals surface area contributed by atoms with E-state index in [-0.39, 0.29) is 0 Å². The fourth-order valence-corrected chi connectivity index (χ4v) is 0.393. The average Bonchev–Trinajstić information content (AvgIpc) is 1.94. The van der Waals surface area contributed by atoms with Crippen LogP contribution in [0, 0.1) is 5.82 Å². The molecule has 0 spiro atoms. The third-order valence-electron chi connectivity index (χ3n) is 0.774. The first-order chi connectivity index (χ1) is 6.20. The molecule has 0 fully saturated rings. The standard InChI is InChI=1S/C4H3FN2O2.CCl3F/c5-2-1-6-4(9)7-3(2)8;2-1(3,4)5/h1H,(H2,6,7,8,9);. The molecule has 0 bridgehead atoms. The third-order valence-corrected chi connectivity index (χ3v) is 0.774. The van der Waals surface area contributed by atoms with Gasteiger partial charge in [-0.1, -0.05) is 0 Å². The first-order valence-electron chi connectivity index (χ1n) is 2.93. The van der Waals surface area contributed by atoms with E-state index >= 15 is 0 Å². The molecule has 80 valence electrons. The van der Waals surface area contributed by atoms with E-state index < -0.39 is 21.1 Å². The molecule has 0 saturated heterocycles. The Morgan fingerprint density at radius 1 is 1.29 bits per heavy atom. The van der Waals surface area contributed by atoms with Crippen molar-refractivity contribution >= 4 is 34.8 Å². The number of H-pyrrole nitrogens is 2. The number of alkyl halides is 4. The molecule has 14 heavy (non-hydrogen) atoms. The summed E-state index contributed by atoms with van der Waals surface area (Å²) < 4.78 is 20.4. The zero-order valence-electron chi connectivity index (χ0n) is 6.28. The molecular formula is C5H3Cl3F2N2O2. The summed E-state index contributed by atoms with van der Waals surface area (Å²) in [6, 6.07) is 0. The summed E-state index contributed by atoms with van der Waals surface area (Å²) in [5.41, 5.74) is -1.71. The van der Waals surface area contributed by atoms with Crippen LogP contribution in [0.3, 0.4) is 0 Å². The number of aromatic amines is 2. The number of rotatable bonds is 0.